The molecule has 5 amide bonds. The van der Waals surface area contributed by atoms with Gasteiger partial charge in [0.25, 0.3) is 11.8 Å². The smallest absolute Gasteiger partial charge is 0.264 e. The van der Waals surface area contributed by atoms with E-state index >= 15 is 0 Å². The minimum absolute atomic E-state index is 0.00242. The molecule has 13 heteroatoms. The Kier molecular flexibility index (Phi) is 5.01. The molecule has 2 aromatic heterocycles. The third kappa shape index (κ3) is 3.67. The normalized spacial score (nSPS) is 17.8. The van der Waals surface area contributed by atoms with Crippen molar-refractivity contribution in [1.29, 1.82) is 0 Å². The highest BCUT2D eigenvalue weighted by Gasteiger charge is 2.45. The first-order valence-corrected chi connectivity index (χ1v) is 10.7. The number of carbonyl (C=O) groups is 5. The summed E-state index contributed by atoms with van der Waals surface area (Å²) in [5, 5.41) is 15.1. The van der Waals surface area contributed by atoms with Crippen LogP contribution in [0.5, 0.6) is 0 Å². The van der Waals surface area contributed by atoms with E-state index in [1.165, 1.54) is 34.2 Å². The number of nitrogens with one attached hydrogen (secondary N) is 2. The summed E-state index contributed by atoms with van der Waals surface area (Å²) in [4.78, 5) is 67.2. The molecule has 0 spiro atoms. The number of fused-ring (bicyclic) bond motifs is 1. The van der Waals surface area contributed by atoms with Crippen LogP contribution in [0.1, 0.15) is 33.6 Å². The molecule has 0 aliphatic carbocycles. The van der Waals surface area contributed by atoms with E-state index in [-0.39, 0.29) is 36.2 Å². The van der Waals surface area contributed by atoms with Crippen molar-refractivity contribution in [3.8, 4) is 10.7 Å². The molecule has 4 heterocycles. The second-order valence-electron chi connectivity index (χ2n) is 7.36. The van der Waals surface area contributed by atoms with Crippen molar-refractivity contribution in [1.82, 2.24) is 30.2 Å². The average molecular weight is 465 g/mol. The molecule has 5 rings (SSSR count). The Hall–Kier alpha value is -4.26. The van der Waals surface area contributed by atoms with Gasteiger partial charge >= 0.3 is 0 Å². The summed E-state index contributed by atoms with van der Waals surface area (Å²) in [7, 11) is 0. The molecule has 2 N–H and O–H groups in total. The average Bonchev–Trinajstić information content (AvgIpc) is 3.51. The standard InChI is InChI=1S/C20H15N7O5S/c28-14-5-4-13(17(30)23-14)27-19(31)10-2-1-3-11(16(10)20(27)32)22-15(29)9-26-8-12(24-25-26)18-21-6-7-33-18/h1-3,6-8,13H,4-5,9H2,(H,22,29)(H,23,28,30). The second kappa shape index (κ2) is 8.02. The van der Waals surface area contributed by atoms with Crippen molar-refractivity contribution in [3.63, 3.8) is 0 Å². The summed E-state index contributed by atoms with van der Waals surface area (Å²) in [5.74, 6) is -2.99. The van der Waals surface area contributed by atoms with E-state index in [1.54, 1.807) is 17.8 Å². The van der Waals surface area contributed by atoms with Crippen LogP contribution in [0.4, 0.5) is 5.69 Å². The van der Waals surface area contributed by atoms with Crippen molar-refractivity contribution in [3.05, 3.63) is 47.1 Å². The van der Waals surface area contributed by atoms with Crippen molar-refractivity contribution in [2.24, 2.45) is 0 Å². The Morgan fingerprint density at radius 2 is 2.06 bits per heavy atom. The molecule has 2 aliphatic heterocycles. The SMILES string of the molecule is O=C1CCC(N2C(=O)c3cccc(NC(=O)Cn4cc(-c5nccs5)nn4)c3C2=O)C(=O)N1. The summed E-state index contributed by atoms with van der Waals surface area (Å²) >= 11 is 1.39. The fraction of sp³-hybridized carbons (Fsp3) is 0.200. The highest BCUT2D eigenvalue weighted by molar-refractivity contribution is 7.13. The van der Waals surface area contributed by atoms with Crippen molar-refractivity contribution in [2.45, 2.75) is 25.4 Å². The molecule has 0 radical (unpaired) electrons. The van der Waals surface area contributed by atoms with Gasteiger partial charge in [0.2, 0.25) is 17.7 Å². The van der Waals surface area contributed by atoms with Crippen LogP contribution >= 0.6 is 11.3 Å². The van der Waals surface area contributed by atoms with Crippen LogP contribution in [-0.2, 0) is 20.9 Å². The third-order valence-electron chi connectivity index (χ3n) is 5.24. The Morgan fingerprint density at radius 1 is 1.21 bits per heavy atom. The molecule has 1 unspecified atom stereocenters. The molecule has 0 saturated carbocycles. The Balaban J connectivity index is 1.34. The minimum atomic E-state index is -1.09. The van der Waals surface area contributed by atoms with E-state index in [9.17, 15) is 24.0 Å². The number of piperidine rings is 1. The van der Waals surface area contributed by atoms with Gasteiger partial charge in [-0.05, 0) is 18.6 Å². The van der Waals surface area contributed by atoms with E-state index in [1.807, 2.05) is 0 Å². The number of aromatic nitrogens is 4. The van der Waals surface area contributed by atoms with Crippen molar-refractivity contribution in [2.75, 3.05) is 5.32 Å². The second-order valence-corrected chi connectivity index (χ2v) is 8.26. The number of nitrogens with zero attached hydrogens (tertiary/aromatic N) is 5. The molecule has 3 aromatic rings. The van der Waals surface area contributed by atoms with Crippen LogP contribution in [-0.4, -0.2) is 60.5 Å². The lowest BCUT2D eigenvalue weighted by molar-refractivity contribution is -0.136. The van der Waals surface area contributed by atoms with Gasteiger partial charge in [0.1, 0.15) is 23.3 Å². The van der Waals surface area contributed by atoms with Gasteiger partial charge in [-0.1, -0.05) is 11.3 Å². The Bertz CT molecular complexity index is 1320. The zero-order valence-corrected chi connectivity index (χ0v) is 17.7. The number of anilines is 1. The minimum Gasteiger partial charge on any atom is -0.324 e. The Morgan fingerprint density at radius 3 is 2.82 bits per heavy atom. The number of hydrogen-bond donors (Lipinski definition) is 2. The van der Waals surface area contributed by atoms with Gasteiger partial charge in [0.05, 0.1) is 23.0 Å². The van der Waals surface area contributed by atoms with Gasteiger partial charge < -0.3 is 5.32 Å². The highest BCUT2D eigenvalue weighted by atomic mass is 32.1. The first kappa shape index (κ1) is 20.6. The van der Waals surface area contributed by atoms with Gasteiger partial charge in [0.15, 0.2) is 0 Å². The maximum Gasteiger partial charge on any atom is 0.264 e. The molecule has 2 aliphatic rings. The Labute approximate surface area is 189 Å². The fourth-order valence-electron chi connectivity index (χ4n) is 3.78. The maximum absolute atomic E-state index is 13.1. The number of hydrogen-bond acceptors (Lipinski definition) is 9. The van der Waals surface area contributed by atoms with E-state index in [0.29, 0.717) is 10.7 Å². The zero-order valence-electron chi connectivity index (χ0n) is 16.8. The third-order valence-corrected chi connectivity index (χ3v) is 6.03. The number of amides is 5. The topological polar surface area (TPSA) is 156 Å². The van der Waals surface area contributed by atoms with Crippen LogP contribution < -0.4 is 10.6 Å². The number of benzene rings is 1. The highest BCUT2D eigenvalue weighted by Crippen LogP contribution is 2.32. The molecule has 1 saturated heterocycles. The van der Waals surface area contributed by atoms with E-state index in [4.69, 9.17) is 0 Å². The van der Waals surface area contributed by atoms with Gasteiger partial charge in [-0.15, -0.1) is 16.4 Å². The predicted molar refractivity (Wildman–Crippen MR) is 113 cm³/mol. The number of imide groups is 2. The lowest BCUT2D eigenvalue weighted by Gasteiger charge is -2.27. The monoisotopic (exact) mass is 465 g/mol. The van der Waals surface area contributed by atoms with Crippen LogP contribution in [0.3, 0.4) is 0 Å². The number of rotatable bonds is 5. The molecule has 1 atom stereocenters. The summed E-state index contributed by atoms with van der Waals surface area (Å²) in [6.45, 7) is -0.180. The van der Waals surface area contributed by atoms with Gasteiger partial charge in [-0.25, -0.2) is 9.67 Å². The summed E-state index contributed by atoms with van der Waals surface area (Å²) < 4.78 is 1.33. The van der Waals surface area contributed by atoms with Crippen LogP contribution in [0.2, 0.25) is 0 Å². The molecule has 33 heavy (non-hydrogen) atoms. The molecule has 1 fully saturated rings. The molecular formula is C20H15N7O5S. The van der Waals surface area contributed by atoms with Crippen LogP contribution in [0.15, 0.2) is 36.0 Å². The zero-order chi connectivity index (χ0) is 23.1. The first-order valence-electron chi connectivity index (χ1n) is 9.87. The van der Waals surface area contributed by atoms with Gasteiger partial charge in [-0.3, -0.25) is 34.2 Å². The fourth-order valence-corrected chi connectivity index (χ4v) is 4.37. The predicted octanol–water partition coefficient (Wildman–Crippen LogP) is 0.442. The molecule has 1 aromatic carbocycles. The molecular weight excluding hydrogens is 450 g/mol. The lowest BCUT2D eigenvalue weighted by atomic mass is 10.0. The first-order chi connectivity index (χ1) is 15.9. The summed E-state index contributed by atoms with van der Waals surface area (Å²) in [5.41, 5.74) is 0.752. The number of thiazole rings is 1. The van der Waals surface area contributed by atoms with Gasteiger partial charge in [-0.2, -0.15) is 0 Å². The quantitative estimate of drug-likeness (QED) is 0.514. The van der Waals surface area contributed by atoms with Crippen LogP contribution in [0.25, 0.3) is 10.7 Å². The number of carbonyl (C=O) groups excluding carboxylic acids is 5. The maximum atomic E-state index is 13.1. The van der Waals surface area contributed by atoms with Crippen molar-refractivity contribution >= 4 is 46.6 Å². The summed E-state index contributed by atoms with van der Waals surface area (Å²) in [6.07, 6.45) is 3.28. The largest absolute Gasteiger partial charge is 0.324 e. The van der Waals surface area contributed by atoms with E-state index in [2.05, 4.69) is 25.9 Å². The molecule has 12 nitrogen and oxygen atoms in total. The van der Waals surface area contributed by atoms with E-state index < -0.39 is 35.6 Å². The molecule has 166 valence electrons. The van der Waals surface area contributed by atoms with Crippen LogP contribution in [0, 0.1) is 0 Å². The van der Waals surface area contributed by atoms with Crippen molar-refractivity contribution < 1.29 is 24.0 Å². The van der Waals surface area contributed by atoms with E-state index in [0.717, 1.165) is 4.90 Å². The van der Waals surface area contributed by atoms with Gasteiger partial charge in [0, 0.05) is 18.0 Å². The summed E-state index contributed by atoms with van der Waals surface area (Å²) in [6, 6.07) is 3.40. The molecule has 0 bridgehead atoms. The lowest BCUT2D eigenvalue weighted by Crippen LogP contribution is -2.54.